The fourth-order valence-electron chi connectivity index (χ4n) is 1.59. The summed E-state index contributed by atoms with van der Waals surface area (Å²) in [5.74, 6) is -0.151. The van der Waals surface area contributed by atoms with Crippen molar-refractivity contribution < 1.29 is 4.79 Å². The van der Waals surface area contributed by atoms with Crippen LogP contribution in [0.4, 0.5) is 5.95 Å². The predicted molar refractivity (Wildman–Crippen MR) is 69.9 cm³/mol. The first-order valence-corrected chi connectivity index (χ1v) is 5.69. The van der Waals surface area contributed by atoms with Crippen LogP contribution in [-0.4, -0.2) is 22.4 Å². The van der Waals surface area contributed by atoms with E-state index in [9.17, 15) is 4.79 Å². The number of nitrogens with zero attached hydrogens (tertiary/aromatic N) is 2. The largest absolute Gasteiger partial charge is 0.368 e. The Hall–Kier alpha value is -2.43. The number of carbonyl (C=O) groups excluding carboxylic acids is 1. The van der Waals surface area contributed by atoms with Crippen LogP contribution in [0.5, 0.6) is 0 Å². The number of amides is 1. The minimum Gasteiger partial charge on any atom is -0.368 e. The van der Waals surface area contributed by atoms with Crippen LogP contribution in [0.25, 0.3) is 11.3 Å². The second-order valence-corrected chi connectivity index (χ2v) is 3.72. The second kappa shape index (κ2) is 5.27. The van der Waals surface area contributed by atoms with E-state index in [1.54, 1.807) is 6.07 Å². The molecular weight excluding hydrogens is 228 g/mol. The molecule has 92 valence electrons. The second-order valence-electron chi connectivity index (χ2n) is 3.72. The number of nitrogens with two attached hydrogens (primary N) is 1. The SMILES string of the molecule is CCNC(=O)c1cc(-c2ccccc2)nc(N)n1. The van der Waals surface area contributed by atoms with Crippen LogP contribution in [-0.2, 0) is 0 Å². The third-order valence-corrected chi connectivity index (χ3v) is 2.38. The summed E-state index contributed by atoms with van der Waals surface area (Å²) in [6.45, 7) is 2.39. The predicted octanol–water partition coefficient (Wildman–Crippen LogP) is 1.48. The topological polar surface area (TPSA) is 80.9 Å². The van der Waals surface area contributed by atoms with Gasteiger partial charge in [0.2, 0.25) is 5.95 Å². The van der Waals surface area contributed by atoms with Crippen LogP contribution < -0.4 is 11.1 Å². The number of hydrogen-bond donors (Lipinski definition) is 2. The smallest absolute Gasteiger partial charge is 0.270 e. The number of rotatable bonds is 3. The zero-order chi connectivity index (χ0) is 13.0. The van der Waals surface area contributed by atoms with Crippen LogP contribution in [0.2, 0.25) is 0 Å². The molecular formula is C13H14N4O. The van der Waals surface area contributed by atoms with E-state index < -0.39 is 0 Å². The number of nitrogens with one attached hydrogen (secondary N) is 1. The maximum absolute atomic E-state index is 11.7. The molecule has 0 spiro atoms. The molecule has 1 aromatic heterocycles. The third kappa shape index (κ3) is 2.63. The first-order chi connectivity index (χ1) is 8.70. The molecule has 2 aromatic rings. The van der Waals surface area contributed by atoms with E-state index in [2.05, 4.69) is 15.3 Å². The van der Waals surface area contributed by atoms with Gasteiger partial charge in [0.1, 0.15) is 5.69 Å². The number of anilines is 1. The molecule has 0 bridgehead atoms. The van der Waals surface area contributed by atoms with Gasteiger partial charge in [-0.2, -0.15) is 0 Å². The van der Waals surface area contributed by atoms with Crippen LogP contribution >= 0.6 is 0 Å². The average Bonchev–Trinajstić information content (AvgIpc) is 2.39. The summed E-state index contributed by atoms with van der Waals surface area (Å²) < 4.78 is 0. The molecule has 0 atom stereocenters. The van der Waals surface area contributed by atoms with E-state index >= 15 is 0 Å². The number of hydrogen-bond acceptors (Lipinski definition) is 4. The monoisotopic (exact) mass is 242 g/mol. The zero-order valence-corrected chi connectivity index (χ0v) is 10.1. The quantitative estimate of drug-likeness (QED) is 0.854. The lowest BCUT2D eigenvalue weighted by atomic mass is 10.1. The highest BCUT2D eigenvalue weighted by Crippen LogP contribution is 2.17. The van der Waals surface area contributed by atoms with Gasteiger partial charge >= 0.3 is 0 Å². The van der Waals surface area contributed by atoms with Gasteiger partial charge in [-0.1, -0.05) is 30.3 Å². The van der Waals surface area contributed by atoms with Crippen LogP contribution in [0.1, 0.15) is 17.4 Å². The summed E-state index contributed by atoms with van der Waals surface area (Å²) in [6.07, 6.45) is 0. The standard InChI is InChI=1S/C13H14N4O/c1-2-15-12(18)11-8-10(16-13(14)17-11)9-6-4-3-5-7-9/h3-8H,2H2,1H3,(H,15,18)(H2,14,16,17). The lowest BCUT2D eigenvalue weighted by molar-refractivity contribution is 0.0951. The van der Waals surface area contributed by atoms with Crippen molar-refractivity contribution in [3.8, 4) is 11.3 Å². The molecule has 1 aromatic carbocycles. The van der Waals surface area contributed by atoms with E-state index in [0.717, 1.165) is 5.56 Å². The minimum absolute atomic E-state index is 0.0950. The Morgan fingerprint density at radius 3 is 2.67 bits per heavy atom. The third-order valence-electron chi connectivity index (χ3n) is 2.38. The van der Waals surface area contributed by atoms with Gasteiger partial charge in [-0.05, 0) is 13.0 Å². The van der Waals surface area contributed by atoms with Gasteiger partial charge < -0.3 is 11.1 Å². The van der Waals surface area contributed by atoms with E-state index in [1.807, 2.05) is 37.3 Å². The molecule has 0 aliphatic heterocycles. The molecule has 0 aliphatic rings. The van der Waals surface area contributed by atoms with Gasteiger partial charge in [-0.15, -0.1) is 0 Å². The van der Waals surface area contributed by atoms with Gasteiger partial charge in [0, 0.05) is 12.1 Å². The van der Waals surface area contributed by atoms with Crippen molar-refractivity contribution >= 4 is 11.9 Å². The van der Waals surface area contributed by atoms with E-state index in [4.69, 9.17) is 5.73 Å². The van der Waals surface area contributed by atoms with Crippen molar-refractivity contribution in [3.63, 3.8) is 0 Å². The molecule has 0 aliphatic carbocycles. The maximum Gasteiger partial charge on any atom is 0.270 e. The van der Waals surface area contributed by atoms with E-state index in [-0.39, 0.29) is 17.5 Å². The molecule has 0 saturated heterocycles. The van der Waals surface area contributed by atoms with Crippen molar-refractivity contribution in [2.75, 3.05) is 12.3 Å². The normalized spacial score (nSPS) is 10.1. The number of benzene rings is 1. The lowest BCUT2D eigenvalue weighted by Crippen LogP contribution is -2.24. The van der Waals surface area contributed by atoms with E-state index in [1.165, 1.54) is 0 Å². The van der Waals surface area contributed by atoms with Crippen molar-refractivity contribution in [2.45, 2.75) is 6.92 Å². The fraction of sp³-hybridized carbons (Fsp3) is 0.154. The van der Waals surface area contributed by atoms with Gasteiger partial charge in [-0.25, -0.2) is 9.97 Å². The maximum atomic E-state index is 11.7. The highest BCUT2D eigenvalue weighted by molar-refractivity contribution is 5.93. The van der Waals surface area contributed by atoms with Gasteiger partial charge in [0.25, 0.3) is 5.91 Å². The molecule has 3 N–H and O–H groups in total. The number of nitrogen functional groups attached to an aromatic ring is 1. The Labute approximate surface area is 105 Å². The first kappa shape index (κ1) is 12.0. The Kier molecular flexibility index (Phi) is 3.52. The first-order valence-electron chi connectivity index (χ1n) is 5.69. The Morgan fingerprint density at radius 2 is 2.00 bits per heavy atom. The molecule has 0 saturated carbocycles. The molecule has 0 radical (unpaired) electrons. The molecule has 2 rings (SSSR count). The summed E-state index contributed by atoms with van der Waals surface area (Å²) >= 11 is 0. The molecule has 1 heterocycles. The van der Waals surface area contributed by atoms with Gasteiger partial charge in [0.05, 0.1) is 5.69 Å². The summed E-state index contributed by atoms with van der Waals surface area (Å²) in [7, 11) is 0. The molecule has 0 unspecified atom stereocenters. The molecule has 5 nitrogen and oxygen atoms in total. The molecule has 1 amide bonds. The van der Waals surface area contributed by atoms with Crippen molar-refractivity contribution in [3.05, 3.63) is 42.1 Å². The summed E-state index contributed by atoms with van der Waals surface area (Å²) in [4.78, 5) is 19.8. The summed E-state index contributed by atoms with van der Waals surface area (Å²) in [5.41, 5.74) is 7.45. The highest BCUT2D eigenvalue weighted by atomic mass is 16.1. The highest BCUT2D eigenvalue weighted by Gasteiger charge is 2.10. The van der Waals surface area contributed by atoms with Crippen LogP contribution in [0, 0.1) is 0 Å². The van der Waals surface area contributed by atoms with Gasteiger partial charge in [0.15, 0.2) is 0 Å². The average molecular weight is 242 g/mol. The Balaban J connectivity index is 2.41. The van der Waals surface area contributed by atoms with Crippen molar-refractivity contribution in [1.82, 2.24) is 15.3 Å². The van der Waals surface area contributed by atoms with Crippen molar-refractivity contribution in [2.24, 2.45) is 0 Å². The number of aromatic nitrogens is 2. The van der Waals surface area contributed by atoms with Crippen LogP contribution in [0.3, 0.4) is 0 Å². The Bertz CT molecular complexity index is 554. The molecule has 5 heteroatoms. The minimum atomic E-state index is -0.246. The summed E-state index contributed by atoms with van der Waals surface area (Å²) in [6, 6.07) is 11.2. The van der Waals surface area contributed by atoms with Crippen molar-refractivity contribution in [1.29, 1.82) is 0 Å². The van der Waals surface area contributed by atoms with Gasteiger partial charge in [-0.3, -0.25) is 4.79 Å². The van der Waals surface area contributed by atoms with Crippen LogP contribution in [0.15, 0.2) is 36.4 Å². The van der Waals surface area contributed by atoms with E-state index in [0.29, 0.717) is 12.2 Å². The Morgan fingerprint density at radius 1 is 1.28 bits per heavy atom. The molecule has 18 heavy (non-hydrogen) atoms. The number of carbonyl (C=O) groups is 1. The molecule has 0 fully saturated rings. The zero-order valence-electron chi connectivity index (χ0n) is 10.1. The lowest BCUT2D eigenvalue weighted by Gasteiger charge is -2.05. The summed E-state index contributed by atoms with van der Waals surface area (Å²) in [5, 5.41) is 2.68. The fourth-order valence-corrected chi connectivity index (χ4v) is 1.59.